The number of methoxy groups -OCH3 is 2. The molecule has 1 aromatic heterocycles. The fourth-order valence-corrected chi connectivity index (χ4v) is 10.2. The van der Waals surface area contributed by atoms with Crippen LogP contribution in [0.25, 0.3) is 0 Å². The van der Waals surface area contributed by atoms with Crippen LogP contribution in [-0.4, -0.2) is 36.7 Å². The number of ether oxygens (including phenoxy) is 2. The van der Waals surface area contributed by atoms with Gasteiger partial charge in [-0.1, -0.05) is 26.8 Å². The number of fused-ring (bicyclic) bond motifs is 5. The second-order valence-corrected chi connectivity index (χ2v) is 13.6. The van der Waals surface area contributed by atoms with Crippen LogP contribution in [0.4, 0.5) is 13.2 Å². The molecule has 0 aliphatic heterocycles. The minimum absolute atomic E-state index is 0.00160. The molecule has 0 aromatic carbocycles. The lowest BCUT2D eigenvalue weighted by atomic mass is 9.43. The first-order chi connectivity index (χ1) is 17.9. The molecule has 1 aromatic rings. The Morgan fingerprint density at radius 3 is 2.39 bits per heavy atom. The molecule has 4 saturated carbocycles. The van der Waals surface area contributed by atoms with E-state index in [0.717, 1.165) is 32.1 Å². The summed E-state index contributed by atoms with van der Waals surface area (Å²) < 4.78 is 55.1. The Bertz CT molecular complexity index is 1060. The van der Waals surface area contributed by atoms with Crippen molar-refractivity contribution in [2.45, 2.75) is 103 Å². The zero-order chi connectivity index (χ0) is 27.5. The lowest BCUT2D eigenvalue weighted by molar-refractivity contribution is -0.299. The van der Waals surface area contributed by atoms with Crippen molar-refractivity contribution in [1.82, 2.24) is 4.57 Å². The van der Waals surface area contributed by atoms with Crippen LogP contribution >= 0.6 is 0 Å². The number of alkyl halides is 3. The highest BCUT2D eigenvalue weighted by molar-refractivity contribution is 5.12. The molecule has 7 heteroatoms. The van der Waals surface area contributed by atoms with Gasteiger partial charge in [-0.15, -0.1) is 0 Å². The van der Waals surface area contributed by atoms with Crippen molar-refractivity contribution in [3.63, 3.8) is 0 Å². The van der Waals surface area contributed by atoms with Crippen LogP contribution in [-0.2, 0) is 16.0 Å². The third-order valence-electron chi connectivity index (χ3n) is 12.5. The highest BCUT2D eigenvalue weighted by Gasteiger charge is 2.66. The molecule has 0 saturated heterocycles. The molecule has 0 amide bonds. The number of nitrogens with zero attached hydrogens (tertiary/aromatic N) is 1. The van der Waals surface area contributed by atoms with E-state index in [1.54, 1.807) is 23.8 Å². The average molecular weight is 538 g/mol. The maximum Gasteiger partial charge on any atom is 0.417 e. The maximum absolute atomic E-state index is 14.1. The first-order valence-electron chi connectivity index (χ1n) is 14.7. The molecule has 1 heterocycles. The van der Waals surface area contributed by atoms with Gasteiger partial charge in [0.2, 0.25) is 0 Å². The van der Waals surface area contributed by atoms with E-state index in [1.807, 2.05) is 12.3 Å². The molecule has 4 aliphatic rings. The van der Waals surface area contributed by atoms with Gasteiger partial charge in [-0.3, -0.25) is 4.79 Å². The monoisotopic (exact) mass is 537 g/mol. The van der Waals surface area contributed by atoms with Crippen LogP contribution in [0, 0.1) is 46.3 Å². The van der Waals surface area contributed by atoms with Crippen LogP contribution in [0.3, 0.4) is 0 Å². The quantitative estimate of drug-likeness (QED) is 0.388. The zero-order valence-corrected chi connectivity index (χ0v) is 23.7. The molecule has 4 nitrogen and oxygen atoms in total. The van der Waals surface area contributed by atoms with E-state index in [9.17, 15) is 18.0 Å². The van der Waals surface area contributed by atoms with Crippen LogP contribution in [0.5, 0.6) is 0 Å². The molecule has 0 unspecified atom stereocenters. The lowest BCUT2D eigenvalue weighted by Gasteiger charge is -2.62. The van der Waals surface area contributed by atoms with E-state index < -0.39 is 11.8 Å². The van der Waals surface area contributed by atoms with Gasteiger partial charge < -0.3 is 14.0 Å². The van der Waals surface area contributed by atoms with Crippen molar-refractivity contribution in [3.05, 3.63) is 34.7 Å². The molecule has 38 heavy (non-hydrogen) atoms. The summed E-state index contributed by atoms with van der Waals surface area (Å²) in [6.07, 6.45) is 4.80. The van der Waals surface area contributed by atoms with Gasteiger partial charge in [-0.05, 0) is 110 Å². The molecule has 10 atom stereocenters. The fraction of sp³-hybridized carbons (Fsp3) is 0.839. The molecule has 4 fully saturated rings. The van der Waals surface area contributed by atoms with Gasteiger partial charge in [-0.25, -0.2) is 0 Å². The van der Waals surface area contributed by atoms with Crippen LogP contribution < -0.4 is 5.56 Å². The van der Waals surface area contributed by atoms with Crippen molar-refractivity contribution in [3.8, 4) is 0 Å². The van der Waals surface area contributed by atoms with Gasteiger partial charge in [0.15, 0.2) is 5.60 Å². The second-order valence-electron chi connectivity index (χ2n) is 13.6. The molecular formula is C31H46F3NO3. The molecule has 0 spiro atoms. The van der Waals surface area contributed by atoms with Crippen LogP contribution in [0.15, 0.2) is 29.2 Å². The van der Waals surface area contributed by atoms with Crippen molar-refractivity contribution < 1.29 is 22.6 Å². The van der Waals surface area contributed by atoms with Gasteiger partial charge in [0, 0.05) is 26.5 Å². The summed E-state index contributed by atoms with van der Waals surface area (Å²) in [5.74, 6) is 2.60. The van der Waals surface area contributed by atoms with Gasteiger partial charge in [0.25, 0.3) is 5.56 Å². The van der Waals surface area contributed by atoms with E-state index >= 15 is 0 Å². The van der Waals surface area contributed by atoms with Crippen molar-refractivity contribution in [2.75, 3.05) is 14.2 Å². The lowest BCUT2D eigenvalue weighted by Crippen LogP contribution is -2.59. The second kappa shape index (κ2) is 9.94. The third-order valence-corrected chi connectivity index (χ3v) is 12.5. The first-order valence-corrected chi connectivity index (χ1v) is 14.7. The van der Waals surface area contributed by atoms with E-state index in [-0.39, 0.29) is 41.3 Å². The van der Waals surface area contributed by atoms with Gasteiger partial charge in [-0.2, -0.15) is 13.2 Å². The van der Waals surface area contributed by atoms with E-state index in [2.05, 4.69) is 20.8 Å². The van der Waals surface area contributed by atoms with Crippen LogP contribution in [0.1, 0.15) is 78.6 Å². The predicted molar refractivity (Wildman–Crippen MR) is 142 cm³/mol. The topological polar surface area (TPSA) is 40.5 Å². The third kappa shape index (κ3) is 4.29. The minimum atomic E-state index is -4.32. The predicted octanol–water partition coefficient (Wildman–Crippen LogP) is 7.11. The highest BCUT2D eigenvalue weighted by Crippen LogP contribution is 2.69. The number of hydrogen-bond donors (Lipinski definition) is 0. The van der Waals surface area contributed by atoms with Gasteiger partial charge in [0.1, 0.15) is 0 Å². The number of hydrogen-bond acceptors (Lipinski definition) is 3. The minimum Gasteiger partial charge on any atom is -0.379 e. The average Bonchev–Trinajstić information content (AvgIpc) is 3.24. The molecule has 214 valence electrons. The molecule has 0 bridgehead atoms. The smallest absolute Gasteiger partial charge is 0.379 e. The van der Waals surface area contributed by atoms with Crippen molar-refractivity contribution >= 4 is 0 Å². The normalized spacial score (nSPS) is 42.6. The number of aromatic nitrogens is 1. The molecule has 0 radical (unpaired) electrons. The van der Waals surface area contributed by atoms with E-state index in [1.165, 1.54) is 13.5 Å². The van der Waals surface area contributed by atoms with E-state index in [0.29, 0.717) is 42.6 Å². The number of halogens is 3. The Morgan fingerprint density at radius 2 is 1.74 bits per heavy atom. The summed E-state index contributed by atoms with van der Waals surface area (Å²) in [6, 6.07) is 5.25. The van der Waals surface area contributed by atoms with Gasteiger partial charge >= 0.3 is 6.18 Å². The first kappa shape index (κ1) is 28.2. The Morgan fingerprint density at radius 1 is 1.00 bits per heavy atom. The van der Waals surface area contributed by atoms with Crippen LogP contribution in [0.2, 0.25) is 0 Å². The summed E-state index contributed by atoms with van der Waals surface area (Å²) in [5.41, 5.74) is -1.81. The summed E-state index contributed by atoms with van der Waals surface area (Å²) in [7, 11) is 3.00. The largest absolute Gasteiger partial charge is 0.417 e. The highest BCUT2D eigenvalue weighted by atomic mass is 19.4. The van der Waals surface area contributed by atoms with E-state index in [4.69, 9.17) is 9.47 Å². The Hall–Kier alpha value is -1.34. The summed E-state index contributed by atoms with van der Waals surface area (Å²) in [6.45, 7) is 7.65. The van der Waals surface area contributed by atoms with Gasteiger partial charge in [0.05, 0.1) is 12.6 Å². The zero-order valence-electron chi connectivity index (χ0n) is 23.7. The summed E-state index contributed by atoms with van der Waals surface area (Å²) in [4.78, 5) is 12.4. The fourth-order valence-electron chi connectivity index (χ4n) is 10.2. The Kier molecular flexibility index (Phi) is 7.37. The Balaban J connectivity index is 1.33. The molecular weight excluding hydrogens is 491 g/mol. The molecule has 4 aliphatic carbocycles. The molecule has 0 N–H and O–H groups in total. The number of pyridine rings is 1. The standard InChI is InChI=1S/C31H46F3NO3/c1-20(26(37-4)19-35-17-7-6-8-27(35)36)23-11-12-24-22-10-9-21-18-30(38-5,31(32,33)34)16-15-28(21,2)25(22)13-14-29(23,24)3/h6-8,17,20-26H,9-16,18-19H2,1-5H3/t20-,21+,22-,23+,24-,25-,26+,28-,29+,30+/m0/s1. The van der Waals surface area contributed by atoms with Crippen molar-refractivity contribution in [2.24, 2.45) is 46.3 Å². The molecule has 5 rings (SSSR count). The Labute approximate surface area is 225 Å². The van der Waals surface area contributed by atoms with Crippen molar-refractivity contribution in [1.29, 1.82) is 0 Å². The SMILES string of the molecule is CO[C@H](Cn1ccccc1=O)[C@@H](C)[C@H]1CC[C@H]2[C@@H]3CC[C@@H]4C[C@@](OC)(C(F)(F)F)CC[C@]4(C)[C@H]3CC[C@]12C. The summed E-state index contributed by atoms with van der Waals surface area (Å²) >= 11 is 0. The summed E-state index contributed by atoms with van der Waals surface area (Å²) in [5, 5.41) is 0. The number of rotatable bonds is 6. The maximum atomic E-state index is 14.1.